The van der Waals surface area contributed by atoms with Crippen LogP contribution in [-0.4, -0.2) is 72.6 Å². The Balaban J connectivity index is 1.61. The Kier molecular flexibility index (Phi) is 8.03. The summed E-state index contributed by atoms with van der Waals surface area (Å²) in [6.07, 6.45) is 4.55. The fraction of sp³-hybridized carbons (Fsp3) is 0.462. The van der Waals surface area contributed by atoms with Crippen LogP contribution in [0.1, 0.15) is 48.3 Å². The van der Waals surface area contributed by atoms with Gasteiger partial charge in [0.15, 0.2) is 11.5 Å². The summed E-state index contributed by atoms with van der Waals surface area (Å²) in [7, 11) is 0. The summed E-state index contributed by atoms with van der Waals surface area (Å²) in [5.74, 6) is -0.819. The van der Waals surface area contributed by atoms with Crippen molar-refractivity contribution in [3.8, 4) is 5.75 Å². The smallest absolute Gasteiger partial charge is 0.290 e. The van der Waals surface area contributed by atoms with E-state index in [1.54, 1.807) is 11.0 Å². The lowest BCUT2D eigenvalue weighted by atomic mass is 9.95. The maximum Gasteiger partial charge on any atom is 0.290 e. The first-order chi connectivity index (χ1) is 16.6. The number of aliphatic hydroxyl groups excluding tert-OH is 1. The number of unbranched alkanes of at least 4 members (excludes halogenated alkanes) is 2. The Bertz CT molecular complexity index is 1010. The second kappa shape index (κ2) is 11.4. The largest absolute Gasteiger partial charge is 0.503 e. The van der Waals surface area contributed by atoms with Crippen molar-refractivity contribution < 1.29 is 28.6 Å². The topological polar surface area (TPSA) is 92.5 Å². The average Bonchev–Trinajstić information content (AvgIpc) is 3.49. The molecule has 2 aliphatic rings. The predicted octanol–water partition coefficient (Wildman–Crippen LogP) is 3.76. The number of hydrogen-bond acceptors (Lipinski definition) is 7. The van der Waals surface area contributed by atoms with Crippen molar-refractivity contribution >= 4 is 11.7 Å². The highest BCUT2D eigenvalue weighted by Crippen LogP contribution is 2.39. The van der Waals surface area contributed by atoms with Crippen molar-refractivity contribution in [2.24, 2.45) is 0 Å². The summed E-state index contributed by atoms with van der Waals surface area (Å²) >= 11 is 0. The second-order valence-electron chi connectivity index (χ2n) is 8.55. The van der Waals surface area contributed by atoms with Gasteiger partial charge in [-0.2, -0.15) is 0 Å². The van der Waals surface area contributed by atoms with E-state index in [0.717, 1.165) is 32.4 Å². The first-order valence-corrected chi connectivity index (χ1v) is 11.9. The molecule has 8 nitrogen and oxygen atoms in total. The molecule has 0 spiro atoms. The molecule has 2 aliphatic heterocycles. The van der Waals surface area contributed by atoms with Gasteiger partial charge in [-0.3, -0.25) is 14.5 Å². The molecule has 3 heterocycles. The molecule has 1 amide bonds. The first-order valence-electron chi connectivity index (χ1n) is 11.9. The minimum absolute atomic E-state index is 0.0325. The summed E-state index contributed by atoms with van der Waals surface area (Å²) in [5, 5.41) is 10.8. The molecule has 1 aromatic carbocycles. The molecule has 1 unspecified atom stereocenters. The molecule has 1 fully saturated rings. The monoisotopic (exact) mass is 468 g/mol. The maximum atomic E-state index is 13.3. The van der Waals surface area contributed by atoms with Gasteiger partial charge in [0.25, 0.3) is 5.91 Å². The summed E-state index contributed by atoms with van der Waals surface area (Å²) in [4.78, 5) is 30.2. The SMILES string of the molecule is CCCCCOc1cccc(C2C(C(=O)c3ccco3)=C(O)C(=O)N2CCN2CCOCC2)c1. The van der Waals surface area contributed by atoms with Crippen LogP contribution < -0.4 is 4.74 Å². The van der Waals surface area contributed by atoms with Crippen LogP contribution in [0.25, 0.3) is 0 Å². The van der Waals surface area contributed by atoms with Crippen molar-refractivity contribution in [3.63, 3.8) is 0 Å². The summed E-state index contributed by atoms with van der Waals surface area (Å²) in [6.45, 7) is 6.59. The van der Waals surface area contributed by atoms with Crippen molar-refractivity contribution in [3.05, 3.63) is 65.3 Å². The van der Waals surface area contributed by atoms with Gasteiger partial charge in [0.2, 0.25) is 5.78 Å². The molecule has 2 aromatic rings. The molecule has 0 radical (unpaired) electrons. The highest BCUT2D eigenvalue weighted by molar-refractivity contribution is 6.15. The molecule has 1 aromatic heterocycles. The van der Waals surface area contributed by atoms with Crippen LogP contribution in [0.4, 0.5) is 0 Å². The number of ether oxygens (including phenoxy) is 2. The van der Waals surface area contributed by atoms with Crippen molar-refractivity contribution in [2.45, 2.75) is 32.2 Å². The van der Waals surface area contributed by atoms with E-state index in [1.807, 2.05) is 24.3 Å². The Morgan fingerprint density at radius 1 is 1.15 bits per heavy atom. The predicted molar refractivity (Wildman–Crippen MR) is 126 cm³/mol. The number of morpholine rings is 1. The molecule has 182 valence electrons. The molecule has 8 heteroatoms. The van der Waals surface area contributed by atoms with Gasteiger partial charge >= 0.3 is 0 Å². The van der Waals surface area contributed by atoms with E-state index in [9.17, 15) is 14.7 Å². The lowest BCUT2D eigenvalue weighted by Crippen LogP contribution is -2.43. The van der Waals surface area contributed by atoms with Gasteiger partial charge in [-0.1, -0.05) is 31.9 Å². The van der Waals surface area contributed by atoms with E-state index in [2.05, 4.69) is 11.8 Å². The third-order valence-corrected chi connectivity index (χ3v) is 6.24. The normalized spacial score (nSPS) is 19.1. The van der Waals surface area contributed by atoms with Crippen LogP contribution in [0, 0.1) is 0 Å². The van der Waals surface area contributed by atoms with E-state index in [0.29, 0.717) is 44.2 Å². The fourth-order valence-electron chi connectivity index (χ4n) is 4.39. The average molecular weight is 469 g/mol. The number of ketones is 1. The van der Waals surface area contributed by atoms with Crippen LogP contribution in [-0.2, 0) is 9.53 Å². The van der Waals surface area contributed by atoms with Crippen molar-refractivity contribution in [2.75, 3.05) is 46.0 Å². The summed E-state index contributed by atoms with van der Waals surface area (Å²) in [5.41, 5.74) is 0.743. The van der Waals surface area contributed by atoms with Crippen LogP contribution in [0.15, 0.2) is 58.4 Å². The lowest BCUT2D eigenvalue weighted by Gasteiger charge is -2.31. The Morgan fingerprint density at radius 3 is 2.71 bits per heavy atom. The van der Waals surface area contributed by atoms with Gasteiger partial charge in [-0.15, -0.1) is 0 Å². The molecular formula is C26H32N2O6. The number of rotatable bonds is 11. The van der Waals surface area contributed by atoms with Gasteiger partial charge < -0.3 is 23.9 Å². The third-order valence-electron chi connectivity index (χ3n) is 6.24. The number of hydrogen-bond donors (Lipinski definition) is 1. The van der Waals surface area contributed by atoms with Crippen LogP contribution in [0.3, 0.4) is 0 Å². The molecular weight excluding hydrogens is 436 g/mol. The standard InChI is InChI=1S/C26H32N2O6/c1-2-3-4-14-33-20-8-5-7-19(18-20)23-22(24(29)21-9-6-15-34-21)25(30)26(31)28(23)11-10-27-12-16-32-17-13-27/h5-9,15,18,23,30H,2-4,10-14,16-17H2,1H3. The molecule has 0 saturated carbocycles. The second-order valence-corrected chi connectivity index (χ2v) is 8.55. The molecule has 4 rings (SSSR count). The zero-order valence-corrected chi connectivity index (χ0v) is 19.6. The lowest BCUT2D eigenvalue weighted by molar-refractivity contribution is -0.129. The molecule has 1 saturated heterocycles. The Hall–Kier alpha value is -3.10. The highest BCUT2D eigenvalue weighted by atomic mass is 16.5. The van der Waals surface area contributed by atoms with Crippen molar-refractivity contribution in [1.29, 1.82) is 0 Å². The van der Waals surface area contributed by atoms with Crippen LogP contribution >= 0.6 is 0 Å². The van der Waals surface area contributed by atoms with E-state index in [-0.39, 0.29) is 11.3 Å². The van der Waals surface area contributed by atoms with E-state index in [1.165, 1.54) is 12.3 Å². The summed E-state index contributed by atoms with van der Waals surface area (Å²) < 4.78 is 16.6. The number of furan rings is 1. The maximum absolute atomic E-state index is 13.3. The molecule has 0 bridgehead atoms. The van der Waals surface area contributed by atoms with Gasteiger partial charge in [0.1, 0.15) is 5.75 Å². The van der Waals surface area contributed by atoms with Gasteiger partial charge in [-0.05, 0) is 36.2 Å². The Morgan fingerprint density at radius 2 is 1.97 bits per heavy atom. The van der Waals surface area contributed by atoms with E-state index >= 15 is 0 Å². The quantitative estimate of drug-likeness (QED) is 0.397. The number of aliphatic hydroxyl groups is 1. The molecule has 1 atom stereocenters. The summed E-state index contributed by atoms with van der Waals surface area (Å²) in [6, 6.07) is 9.82. The number of amides is 1. The molecule has 34 heavy (non-hydrogen) atoms. The van der Waals surface area contributed by atoms with Gasteiger partial charge in [0.05, 0.1) is 37.7 Å². The molecule has 0 aliphatic carbocycles. The molecule has 1 N–H and O–H groups in total. The minimum Gasteiger partial charge on any atom is -0.503 e. The van der Waals surface area contributed by atoms with E-state index in [4.69, 9.17) is 13.9 Å². The Labute approximate surface area is 199 Å². The highest BCUT2D eigenvalue weighted by Gasteiger charge is 2.44. The zero-order valence-electron chi connectivity index (χ0n) is 19.6. The zero-order chi connectivity index (χ0) is 23.9. The first kappa shape index (κ1) is 24.0. The number of Topliss-reactive ketones (excluding diaryl/α,β-unsaturated/α-hetero) is 1. The minimum atomic E-state index is -0.731. The van der Waals surface area contributed by atoms with Gasteiger partial charge in [0, 0.05) is 26.2 Å². The van der Waals surface area contributed by atoms with E-state index < -0.39 is 23.5 Å². The van der Waals surface area contributed by atoms with Crippen LogP contribution in [0.5, 0.6) is 5.75 Å². The third kappa shape index (κ3) is 5.34. The van der Waals surface area contributed by atoms with Crippen molar-refractivity contribution in [1.82, 2.24) is 9.80 Å². The fourth-order valence-corrected chi connectivity index (χ4v) is 4.39. The number of carbonyl (C=O) groups excluding carboxylic acids is 2. The number of nitrogens with zero attached hydrogens (tertiary/aromatic N) is 2. The van der Waals surface area contributed by atoms with Crippen LogP contribution in [0.2, 0.25) is 0 Å². The number of benzene rings is 1. The number of carbonyl (C=O) groups is 2. The van der Waals surface area contributed by atoms with Gasteiger partial charge in [-0.25, -0.2) is 0 Å².